The summed E-state index contributed by atoms with van der Waals surface area (Å²) in [5.41, 5.74) is 3.10. The van der Waals surface area contributed by atoms with Crippen molar-refractivity contribution in [3.63, 3.8) is 0 Å². The number of carboxylic acid groups (broad SMARTS) is 1. The molecule has 0 fully saturated rings. The Hall–Kier alpha value is -1.44. The quantitative estimate of drug-likeness (QED) is 0.407. The van der Waals surface area contributed by atoms with Crippen LogP contribution in [0.25, 0.3) is 0 Å². The van der Waals surface area contributed by atoms with E-state index >= 15 is 0 Å². The number of aliphatic hydroxyl groups is 2. The molecule has 0 aromatic rings. The Morgan fingerprint density at radius 1 is 0.926 bits per heavy atom. The van der Waals surface area contributed by atoms with E-state index in [2.05, 4.69) is 32.4 Å². The second kappa shape index (κ2) is 19.3. The van der Waals surface area contributed by atoms with E-state index in [4.69, 9.17) is 20.1 Å². The van der Waals surface area contributed by atoms with Gasteiger partial charge < -0.3 is 24.8 Å². The highest BCUT2D eigenvalue weighted by Gasteiger charge is 2.18. The van der Waals surface area contributed by atoms with E-state index in [1.54, 1.807) is 11.1 Å². The monoisotopic (exact) mass is 392 g/mol. The minimum Gasteiger partial charge on any atom is -0.479 e. The van der Waals surface area contributed by atoms with Crippen LogP contribution in [0.15, 0.2) is 11.1 Å². The molecule has 7 heteroatoms. The van der Waals surface area contributed by atoms with Crippen molar-refractivity contribution in [2.24, 2.45) is 0 Å². The molecular weight excluding hydrogens is 352 g/mol. The molecule has 0 aromatic heterocycles. The number of hydrogen-bond acceptors (Lipinski definition) is 6. The molecular formula is C20H40O7. The average Bonchev–Trinajstić information content (AvgIpc) is 2.58. The summed E-state index contributed by atoms with van der Waals surface area (Å²) in [6.07, 6.45) is 0.825. The fraction of sp³-hybridized carbons (Fsp3) is 0.800. The third kappa shape index (κ3) is 24.6. The molecule has 0 aliphatic heterocycles. The number of carbonyl (C=O) groups is 2. The van der Waals surface area contributed by atoms with E-state index in [1.807, 2.05) is 27.7 Å². The van der Waals surface area contributed by atoms with Gasteiger partial charge in [-0.25, -0.2) is 4.79 Å². The van der Waals surface area contributed by atoms with Crippen LogP contribution in [0, 0.1) is 0 Å². The van der Waals surface area contributed by atoms with Crippen molar-refractivity contribution in [1.82, 2.24) is 0 Å². The SMILES string of the molecule is CC(C)OC(C)C.CC/C(C)=C(\C)CC.O=C(CC(O)C(=O)O)OCCO. The van der Waals surface area contributed by atoms with E-state index in [-0.39, 0.29) is 13.2 Å². The molecule has 0 saturated heterocycles. The summed E-state index contributed by atoms with van der Waals surface area (Å²) < 4.78 is 9.55. The number of carbonyl (C=O) groups excluding carboxylic acids is 1. The standard InChI is InChI=1S/C8H16.C6H10O6.C6H14O/c1-5-7(3)8(4)6-2;7-1-2-12-5(9)3-4(8)6(10)11;1-5(2)7-6(3)4/h5-6H2,1-4H3;4,7-8H,1-3H2,(H,10,11);5-6H,1-4H3/b8-7+;;. The highest BCUT2D eigenvalue weighted by atomic mass is 16.5. The number of esters is 1. The van der Waals surface area contributed by atoms with Gasteiger partial charge in [-0.3, -0.25) is 4.79 Å². The van der Waals surface area contributed by atoms with Crippen LogP contribution in [0.4, 0.5) is 0 Å². The number of allylic oxidation sites excluding steroid dienone is 2. The van der Waals surface area contributed by atoms with E-state index in [9.17, 15) is 9.59 Å². The number of aliphatic hydroxyl groups excluding tert-OH is 2. The van der Waals surface area contributed by atoms with Gasteiger partial charge in [0.15, 0.2) is 6.10 Å². The van der Waals surface area contributed by atoms with Crippen LogP contribution in [0.1, 0.15) is 74.7 Å². The lowest BCUT2D eigenvalue weighted by atomic mass is 10.1. The van der Waals surface area contributed by atoms with Crippen LogP contribution in [0.3, 0.4) is 0 Å². The highest BCUT2D eigenvalue weighted by Crippen LogP contribution is 2.09. The summed E-state index contributed by atoms with van der Waals surface area (Å²) in [7, 11) is 0. The third-order valence-corrected chi connectivity index (χ3v) is 3.33. The van der Waals surface area contributed by atoms with Crippen molar-refractivity contribution in [3.05, 3.63) is 11.1 Å². The Morgan fingerprint density at radius 3 is 1.56 bits per heavy atom. The zero-order valence-corrected chi connectivity index (χ0v) is 18.2. The summed E-state index contributed by atoms with van der Waals surface area (Å²) in [4.78, 5) is 20.6. The van der Waals surface area contributed by atoms with Crippen LogP contribution in [-0.2, 0) is 19.1 Å². The van der Waals surface area contributed by atoms with Crippen molar-refractivity contribution >= 4 is 11.9 Å². The van der Waals surface area contributed by atoms with Crippen molar-refractivity contribution in [1.29, 1.82) is 0 Å². The smallest absolute Gasteiger partial charge is 0.333 e. The van der Waals surface area contributed by atoms with Crippen LogP contribution in [0.2, 0.25) is 0 Å². The normalized spacial score (nSPS) is 12.3. The lowest BCUT2D eigenvalue weighted by molar-refractivity contribution is -0.156. The molecule has 0 rings (SSSR count). The third-order valence-electron chi connectivity index (χ3n) is 3.33. The predicted octanol–water partition coefficient (Wildman–Crippen LogP) is 3.32. The molecule has 0 aliphatic rings. The molecule has 0 bridgehead atoms. The number of ether oxygens (including phenoxy) is 2. The number of carboxylic acids is 1. The Morgan fingerprint density at radius 2 is 1.33 bits per heavy atom. The summed E-state index contributed by atoms with van der Waals surface area (Å²) in [6, 6.07) is 0. The van der Waals surface area contributed by atoms with Gasteiger partial charge in [-0.15, -0.1) is 0 Å². The summed E-state index contributed by atoms with van der Waals surface area (Å²) in [6.45, 7) is 16.5. The zero-order valence-electron chi connectivity index (χ0n) is 18.2. The fourth-order valence-electron chi connectivity index (χ4n) is 1.61. The number of rotatable bonds is 9. The molecule has 0 spiro atoms. The van der Waals surface area contributed by atoms with Gasteiger partial charge in [0.05, 0.1) is 25.2 Å². The molecule has 0 heterocycles. The number of hydrogen-bond donors (Lipinski definition) is 3. The highest BCUT2D eigenvalue weighted by molar-refractivity contribution is 5.80. The maximum atomic E-state index is 10.6. The van der Waals surface area contributed by atoms with Crippen molar-refractivity contribution in [3.8, 4) is 0 Å². The first-order valence-electron chi connectivity index (χ1n) is 9.40. The van der Waals surface area contributed by atoms with Crippen molar-refractivity contribution < 1.29 is 34.4 Å². The number of aliphatic carboxylic acids is 1. The first kappa shape index (κ1) is 30.3. The second-order valence-corrected chi connectivity index (χ2v) is 6.50. The molecule has 0 saturated carbocycles. The Bertz CT molecular complexity index is 397. The fourth-order valence-corrected chi connectivity index (χ4v) is 1.61. The van der Waals surface area contributed by atoms with Gasteiger partial charge in [0, 0.05) is 0 Å². The van der Waals surface area contributed by atoms with Crippen LogP contribution in [0.5, 0.6) is 0 Å². The Kier molecular flexibility index (Phi) is 21.7. The first-order valence-corrected chi connectivity index (χ1v) is 9.40. The molecule has 0 aliphatic carbocycles. The van der Waals surface area contributed by atoms with Crippen LogP contribution in [-0.4, -0.2) is 58.8 Å². The van der Waals surface area contributed by atoms with Gasteiger partial charge >= 0.3 is 11.9 Å². The van der Waals surface area contributed by atoms with E-state index in [0.717, 1.165) is 0 Å². The van der Waals surface area contributed by atoms with Crippen molar-refractivity contribution in [2.75, 3.05) is 13.2 Å². The van der Waals surface area contributed by atoms with E-state index in [1.165, 1.54) is 12.8 Å². The van der Waals surface area contributed by atoms with E-state index in [0.29, 0.717) is 12.2 Å². The molecule has 27 heavy (non-hydrogen) atoms. The molecule has 0 aromatic carbocycles. The van der Waals surface area contributed by atoms with Gasteiger partial charge in [-0.2, -0.15) is 0 Å². The minimum absolute atomic E-state index is 0.189. The predicted molar refractivity (Wildman–Crippen MR) is 107 cm³/mol. The van der Waals surface area contributed by atoms with Gasteiger partial charge in [0.25, 0.3) is 0 Å². The average molecular weight is 393 g/mol. The first-order chi connectivity index (χ1) is 12.4. The zero-order chi connectivity index (χ0) is 22.0. The molecule has 162 valence electrons. The van der Waals surface area contributed by atoms with Crippen molar-refractivity contribution in [2.45, 2.75) is 93.0 Å². The Balaban J connectivity index is -0.000000336. The van der Waals surface area contributed by atoms with Gasteiger partial charge in [-0.1, -0.05) is 25.0 Å². The largest absolute Gasteiger partial charge is 0.479 e. The summed E-state index contributed by atoms with van der Waals surface area (Å²) in [5, 5.41) is 25.0. The van der Waals surface area contributed by atoms with Crippen LogP contribution >= 0.6 is 0 Å². The lowest BCUT2D eigenvalue weighted by Crippen LogP contribution is -2.24. The maximum Gasteiger partial charge on any atom is 0.333 e. The molecule has 7 nitrogen and oxygen atoms in total. The molecule has 1 unspecified atom stereocenters. The molecule has 0 radical (unpaired) electrons. The van der Waals surface area contributed by atoms with Gasteiger partial charge in [0.1, 0.15) is 6.61 Å². The minimum atomic E-state index is -1.74. The maximum absolute atomic E-state index is 10.6. The molecule has 1 atom stereocenters. The van der Waals surface area contributed by atoms with E-state index < -0.39 is 24.5 Å². The summed E-state index contributed by atoms with van der Waals surface area (Å²) >= 11 is 0. The lowest BCUT2D eigenvalue weighted by Gasteiger charge is -2.09. The topological polar surface area (TPSA) is 113 Å². The second-order valence-electron chi connectivity index (χ2n) is 6.50. The Labute approximate surface area is 164 Å². The summed E-state index contributed by atoms with van der Waals surface area (Å²) in [5.74, 6) is -2.32. The molecule has 3 N–H and O–H groups in total. The molecule has 0 amide bonds. The van der Waals surface area contributed by atoms with Crippen LogP contribution < -0.4 is 0 Å². The van der Waals surface area contributed by atoms with Gasteiger partial charge in [-0.05, 0) is 54.4 Å². The van der Waals surface area contributed by atoms with Gasteiger partial charge in [0.2, 0.25) is 0 Å².